The monoisotopic (exact) mass is 532 g/mol. The number of hydrogen-bond donors (Lipinski definition) is 0. The van der Waals surface area contributed by atoms with Gasteiger partial charge in [-0.25, -0.2) is 9.78 Å². The number of fused-ring (bicyclic) bond motifs is 2. The van der Waals surface area contributed by atoms with E-state index in [0.29, 0.717) is 29.3 Å². The first-order valence-corrected chi connectivity index (χ1v) is 12.9. The molecule has 1 amide bonds. The predicted molar refractivity (Wildman–Crippen MR) is 147 cm³/mol. The van der Waals surface area contributed by atoms with Crippen molar-refractivity contribution in [3.05, 3.63) is 75.1 Å². The van der Waals surface area contributed by atoms with Crippen LogP contribution in [0.4, 0.5) is 0 Å². The van der Waals surface area contributed by atoms with Gasteiger partial charge in [-0.05, 0) is 56.2 Å². The Bertz CT molecular complexity index is 1690. The molecular formula is C29H32N4O6. The standard InChI is InChI=1S/C29H32N4O6/c1-6-8-9-14-32-25-20(28(35)33-15-10-11-18(3)24(33)30-25)17-21(29(36)39-7-2)26(32)31-27(34)19-12-13-22(37-4)23(16-19)38-5/h10-13,15-17H,6-9,14H2,1-5H3. The van der Waals surface area contributed by atoms with Gasteiger partial charge in [0.15, 0.2) is 17.0 Å². The first-order chi connectivity index (χ1) is 18.8. The first-order valence-electron chi connectivity index (χ1n) is 12.9. The molecular weight excluding hydrogens is 500 g/mol. The van der Waals surface area contributed by atoms with Crippen molar-refractivity contribution < 1.29 is 23.8 Å². The van der Waals surface area contributed by atoms with E-state index in [1.54, 1.807) is 35.9 Å². The molecule has 10 nitrogen and oxygen atoms in total. The third-order valence-corrected chi connectivity index (χ3v) is 6.42. The first kappa shape index (κ1) is 27.6. The zero-order valence-electron chi connectivity index (χ0n) is 22.8. The van der Waals surface area contributed by atoms with Gasteiger partial charge in [0.1, 0.15) is 16.9 Å². The third-order valence-electron chi connectivity index (χ3n) is 6.42. The Hall–Kier alpha value is -4.47. The number of hydrogen-bond acceptors (Lipinski definition) is 7. The van der Waals surface area contributed by atoms with Crippen LogP contribution in [0, 0.1) is 6.92 Å². The summed E-state index contributed by atoms with van der Waals surface area (Å²) in [5.41, 5.74) is 1.66. The van der Waals surface area contributed by atoms with Crippen LogP contribution in [0.15, 0.2) is 52.4 Å². The number of unbranched alkanes of at least 4 members (excludes halogenated alkanes) is 2. The quantitative estimate of drug-likeness (QED) is 0.181. The second kappa shape index (κ2) is 11.9. The molecule has 1 aromatic carbocycles. The number of carbonyl (C=O) groups excluding carboxylic acids is 2. The largest absolute Gasteiger partial charge is 0.493 e. The van der Waals surface area contributed by atoms with E-state index in [9.17, 15) is 14.4 Å². The van der Waals surface area contributed by atoms with Crippen LogP contribution in [-0.2, 0) is 11.3 Å². The number of aryl methyl sites for hydroxylation is 2. The third kappa shape index (κ3) is 5.41. The van der Waals surface area contributed by atoms with Gasteiger partial charge in [0.25, 0.3) is 11.5 Å². The van der Waals surface area contributed by atoms with Gasteiger partial charge >= 0.3 is 5.97 Å². The fourth-order valence-corrected chi connectivity index (χ4v) is 4.43. The van der Waals surface area contributed by atoms with Crippen LogP contribution in [0.5, 0.6) is 11.5 Å². The van der Waals surface area contributed by atoms with E-state index in [1.165, 1.54) is 30.8 Å². The van der Waals surface area contributed by atoms with Crippen LogP contribution < -0.4 is 20.5 Å². The molecule has 0 fully saturated rings. The maximum Gasteiger partial charge on any atom is 0.341 e. The van der Waals surface area contributed by atoms with Crippen molar-refractivity contribution in [1.29, 1.82) is 0 Å². The molecule has 4 rings (SSSR count). The molecule has 3 aromatic heterocycles. The van der Waals surface area contributed by atoms with Crippen molar-refractivity contribution in [2.45, 2.75) is 46.6 Å². The number of amides is 1. The molecule has 3 heterocycles. The van der Waals surface area contributed by atoms with Gasteiger partial charge in [0.2, 0.25) is 0 Å². The Morgan fingerprint density at radius 3 is 2.46 bits per heavy atom. The molecule has 0 unspecified atom stereocenters. The Labute approximate surface area is 225 Å². The van der Waals surface area contributed by atoms with Gasteiger partial charge in [0, 0.05) is 18.3 Å². The Morgan fingerprint density at radius 2 is 1.77 bits per heavy atom. The second-order valence-corrected chi connectivity index (χ2v) is 8.99. The van der Waals surface area contributed by atoms with Gasteiger partial charge in [-0.2, -0.15) is 4.99 Å². The van der Waals surface area contributed by atoms with E-state index < -0.39 is 11.9 Å². The average molecular weight is 533 g/mol. The molecule has 0 atom stereocenters. The number of nitrogens with zero attached hydrogens (tertiary/aromatic N) is 4. The molecule has 10 heteroatoms. The lowest BCUT2D eigenvalue weighted by molar-refractivity contribution is 0.0523. The van der Waals surface area contributed by atoms with Crippen LogP contribution >= 0.6 is 0 Å². The lowest BCUT2D eigenvalue weighted by Gasteiger charge is -2.15. The van der Waals surface area contributed by atoms with Crippen molar-refractivity contribution >= 4 is 28.6 Å². The van der Waals surface area contributed by atoms with E-state index in [1.807, 2.05) is 13.0 Å². The number of pyridine rings is 2. The van der Waals surface area contributed by atoms with Crippen LogP contribution in [-0.4, -0.2) is 46.7 Å². The van der Waals surface area contributed by atoms with Crippen LogP contribution in [0.25, 0.3) is 16.7 Å². The van der Waals surface area contributed by atoms with Crippen molar-refractivity contribution in [2.24, 2.45) is 4.99 Å². The molecule has 0 bridgehead atoms. The minimum atomic E-state index is -0.684. The minimum absolute atomic E-state index is 0.0150. The highest BCUT2D eigenvalue weighted by Gasteiger charge is 2.21. The van der Waals surface area contributed by atoms with E-state index in [4.69, 9.17) is 19.2 Å². The minimum Gasteiger partial charge on any atom is -0.493 e. The van der Waals surface area contributed by atoms with Gasteiger partial charge in [-0.1, -0.05) is 25.8 Å². The van der Waals surface area contributed by atoms with Crippen LogP contribution in [0.3, 0.4) is 0 Å². The fraction of sp³-hybridized carbons (Fsp3) is 0.345. The van der Waals surface area contributed by atoms with Crippen molar-refractivity contribution in [3.8, 4) is 11.5 Å². The van der Waals surface area contributed by atoms with E-state index >= 15 is 0 Å². The molecule has 39 heavy (non-hydrogen) atoms. The van der Waals surface area contributed by atoms with E-state index in [0.717, 1.165) is 24.8 Å². The molecule has 0 aliphatic rings. The molecule has 0 radical (unpaired) electrons. The maximum absolute atomic E-state index is 13.6. The number of carbonyl (C=O) groups is 2. The Balaban J connectivity index is 2.08. The molecule has 204 valence electrons. The molecule has 0 aliphatic carbocycles. The van der Waals surface area contributed by atoms with E-state index in [2.05, 4.69) is 11.9 Å². The summed E-state index contributed by atoms with van der Waals surface area (Å²) in [5, 5.41) is 0.232. The molecule has 4 aromatic rings. The maximum atomic E-state index is 13.6. The molecule has 0 N–H and O–H groups in total. The summed E-state index contributed by atoms with van der Waals surface area (Å²) in [6.45, 7) is 6.14. The van der Waals surface area contributed by atoms with Crippen molar-refractivity contribution in [2.75, 3.05) is 20.8 Å². The summed E-state index contributed by atoms with van der Waals surface area (Å²) in [5.74, 6) is -0.446. The van der Waals surface area contributed by atoms with Gasteiger partial charge in [-0.3, -0.25) is 14.0 Å². The van der Waals surface area contributed by atoms with Crippen LogP contribution in [0.1, 0.15) is 59.4 Å². The summed E-state index contributed by atoms with van der Waals surface area (Å²) in [4.78, 5) is 49.4. The summed E-state index contributed by atoms with van der Waals surface area (Å²) >= 11 is 0. The lowest BCUT2D eigenvalue weighted by Crippen LogP contribution is -2.33. The Kier molecular flexibility index (Phi) is 8.43. The normalized spacial score (nSPS) is 11.7. The second-order valence-electron chi connectivity index (χ2n) is 8.99. The van der Waals surface area contributed by atoms with Crippen molar-refractivity contribution in [1.82, 2.24) is 14.0 Å². The number of ether oxygens (including phenoxy) is 3. The topological polar surface area (TPSA) is 113 Å². The highest BCUT2D eigenvalue weighted by Crippen LogP contribution is 2.27. The summed E-state index contributed by atoms with van der Waals surface area (Å²) in [6, 6.07) is 9.77. The highest BCUT2D eigenvalue weighted by atomic mass is 16.5. The molecule has 0 aliphatic heterocycles. The van der Waals surface area contributed by atoms with Gasteiger partial charge < -0.3 is 18.8 Å². The summed E-state index contributed by atoms with van der Waals surface area (Å²) in [7, 11) is 2.98. The lowest BCUT2D eigenvalue weighted by atomic mass is 10.1. The zero-order chi connectivity index (χ0) is 28.1. The highest BCUT2D eigenvalue weighted by molar-refractivity contribution is 5.97. The SMILES string of the molecule is CCCCCn1c(=NC(=O)c2ccc(OC)c(OC)c2)c(C(=O)OCC)cc2c(=O)n3cccc(C)c3nc21. The fourth-order valence-electron chi connectivity index (χ4n) is 4.43. The van der Waals surface area contributed by atoms with Crippen LogP contribution in [0.2, 0.25) is 0 Å². The number of aromatic nitrogens is 3. The average Bonchev–Trinajstić information content (AvgIpc) is 2.94. The summed E-state index contributed by atoms with van der Waals surface area (Å²) < 4.78 is 19.1. The molecule has 0 saturated carbocycles. The number of methoxy groups -OCH3 is 2. The predicted octanol–water partition coefficient (Wildman–Crippen LogP) is 4.08. The molecule has 0 saturated heterocycles. The summed E-state index contributed by atoms with van der Waals surface area (Å²) in [6.07, 6.45) is 4.21. The zero-order valence-corrected chi connectivity index (χ0v) is 22.8. The smallest absolute Gasteiger partial charge is 0.341 e. The number of benzene rings is 1. The van der Waals surface area contributed by atoms with E-state index in [-0.39, 0.29) is 34.2 Å². The molecule has 0 spiro atoms. The van der Waals surface area contributed by atoms with Gasteiger partial charge in [0.05, 0.1) is 26.2 Å². The Morgan fingerprint density at radius 1 is 1.00 bits per heavy atom. The number of rotatable bonds is 9. The van der Waals surface area contributed by atoms with Crippen molar-refractivity contribution in [3.63, 3.8) is 0 Å². The van der Waals surface area contributed by atoms with Gasteiger partial charge in [-0.15, -0.1) is 0 Å². The number of esters is 1.